The Kier molecular flexibility index (Phi) is 5.41. The Bertz CT molecular complexity index is 874. The number of hydrogen-bond acceptors (Lipinski definition) is 8. The maximum absolute atomic E-state index is 12.6. The van der Waals surface area contributed by atoms with Crippen LogP contribution < -0.4 is 5.23 Å². The van der Waals surface area contributed by atoms with E-state index < -0.39 is 29.9 Å². The van der Waals surface area contributed by atoms with Gasteiger partial charge in [-0.2, -0.15) is 0 Å². The number of benzene rings is 2. The zero-order valence-electron chi connectivity index (χ0n) is 14.8. The summed E-state index contributed by atoms with van der Waals surface area (Å²) in [4.78, 5) is 38.4. The van der Waals surface area contributed by atoms with Gasteiger partial charge in [0.2, 0.25) is 0 Å². The molecule has 0 radical (unpaired) electrons. The fourth-order valence-corrected chi connectivity index (χ4v) is 2.94. The van der Waals surface area contributed by atoms with Gasteiger partial charge in [-0.15, -0.1) is 5.23 Å². The lowest BCUT2D eigenvalue weighted by molar-refractivity contribution is -0.153. The number of aliphatic hydroxyl groups is 1. The molecule has 9 nitrogen and oxygen atoms in total. The Balaban J connectivity index is 1.75. The highest BCUT2D eigenvalue weighted by Crippen LogP contribution is 2.26. The third-order valence-electron chi connectivity index (χ3n) is 4.35. The van der Waals surface area contributed by atoms with Gasteiger partial charge in [0.15, 0.2) is 6.04 Å². The predicted molar refractivity (Wildman–Crippen MR) is 94.7 cm³/mol. The normalized spacial score (nSPS) is 15.2. The van der Waals surface area contributed by atoms with E-state index in [9.17, 15) is 19.5 Å². The number of nitrogens with zero attached hydrogens (tertiary/aromatic N) is 2. The van der Waals surface area contributed by atoms with Crippen molar-refractivity contribution in [1.82, 2.24) is 4.90 Å². The van der Waals surface area contributed by atoms with Gasteiger partial charge in [0.05, 0.1) is 22.9 Å². The average molecular weight is 386 g/mol. The van der Waals surface area contributed by atoms with Gasteiger partial charge in [-0.05, 0) is 36.8 Å². The lowest BCUT2D eigenvalue weighted by atomic mass is 10.1. The molecule has 28 heavy (non-hydrogen) atoms. The van der Waals surface area contributed by atoms with E-state index in [0.29, 0.717) is 5.56 Å². The second kappa shape index (κ2) is 7.77. The molecule has 0 aliphatic carbocycles. The Morgan fingerprint density at radius 3 is 2.04 bits per heavy atom. The van der Waals surface area contributed by atoms with Crippen LogP contribution in [-0.2, 0) is 16.1 Å². The van der Waals surface area contributed by atoms with Crippen molar-refractivity contribution < 1.29 is 34.6 Å². The fourth-order valence-electron chi connectivity index (χ4n) is 2.94. The van der Waals surface area contributed by atoms with Gasteiger partial charge in [-0.25, -0.2) is 4.79 Å². The van der Waals surface area contributed by atoms with Crippen molar-refractivity contribution in [3.63, 3.8) is 0 Å². The Morgan fingerprint density at radius 2 is 1.57 bits per heavy atom. The number of ether oxygens (including phenoxy) is 1. The first-order valence-electron chi connectivity index (χ1n) is 8.39. The molecular weight excluding hydrogens is 368 g/mol. The van der Waals surface area contributed by atoms with Crippen molar-refractivity contribution in [2.24, 2.45) is 0 Å². The Morgan fingerprint density at radius 1 is 1.04 bits per heavy atom. The molecule has 0 saturated heterocycles. The zero-order valence-corrected chi connectivity index (χ0v) is 14.8. The standard InChI is InChI=1S/C19H18N2O7/c1-11(22)16(20-17(23)14-4-2-3-5-15(14)18(20)24)19(25)28-10-12-6-8-13(9-7-12)21(26)27/h2-9,11,16,22,26-27H,10H2,1H3/t11-,16+/m0/s1. The molecule has 0 saturated carbocycles. The van der Waals surface area contributed by atoms with Crippen LogP contribution in [0.15, 0.2) is 48.5 Å². The zero-order chi connectivity index (χ0) is 20.4. The molecule has 2 aromatic rings. The van der Waals surface area contributed by atoms with Gasteiger partial charge >= 0.3 is 5.97 Å². The molecule has 0 aromatic heterocycles. The minimum atomic E-state index is -1.49. The van der Waals surface area contributed by atoms with Gasteiger partial charge in [0.25, 0.3) is 11.8 Å². The summed E-state index contributed by atoms with van der Waals surface area (Å²) in [5.74, 6) is -2.27. The number of amides is 2. The van der Waals surface area contributed by atoms with Gasteiger partial charge in [0, 0.05) is 0 Å². The SMILES string of the molecule is C[C@H](O)[C@H](C(=O)OCc1ccc(N(O)O)cc1)N1C(=O)c2ccccc2C1=O. The maximum atomic E-state index is 12.6. The number of esters is 1. The van der Waals surface area contributed by atoms with Crippen LogP contribution in [-0.4, -0.2) is 50.4 Å². The van der Waals surface area contributed by atoms with E-state index in [-0.39, 0.29) is 28.6 Å². The second-order valence-electron chi connectivity index (χ2n) is 6.27. The summed E-state index contributed by atoms with van der Waals surface area (Å²) in [7, 11) is 0. The van der Waals surface area contributed by atoms with Crippen molar-refractivity contribution in [2.45, 2.75) is 25.7 Å². The molecule has 0 fully saturated rings. The van der Waals surface area contributed by atoms with Crippen LogP contribution in [0.3, 0.4) is 0 Å². The van der Waals surface area contributed by atoms with E-state index in [4.69, 9.17) is 15.2 Å². The van der Waals surface area contributed by atoms with Crippen LogP contribution >= 0.6 is 0 Å². The highest BCUT2D eigenvalue weighted by atomic mass is 16.8. The summed E-state index contributed by atoms with van der Waals surface area (Å²) in [5, 5.41) is 27.8. The van der Waals surface area contributed by atoms with Crippen molar-refractivity contribution >= 4 is 23.5 Å². The summed E-state index contributed by atoms with van der Waals surface area (Å²) >= 11 is 0. The molecule has 0 bridgehead atoms. The van der Waals surface area contributed by atoms with Crippen molar-refractivity contribution in [3.05, 3.63) is 65.2 Å². The van der Waals surface area contributed by atoms with Crippen LogP contribution in [0, 0.1) is 0 Å². The van der Waals surface area contributed by atoms with Crippen LogP contribution in [0.1, 0.15) is 33.2 Å². The molecule has 9 heteroatoms. The van der Waals surface area contributed by atoms with Crippen molar-refractivity contribution in [3.8, 4) is 0 Å². The number of anilines is 1. The first-order valence-corrected chi connectivity index (χ1v) is 8.39. The average Bonchev–Trinajstić information content (AvgIpc) is 2.92. The van der Waals surface area contributed by atoms with E-state index in [0.717, 1.165) is 4.90 Å². The summed E-state index contributed by atoms with van der Waals surface area (Å²) in [6.45, 7) is 1.10. The number of rotatable bonds is 6. The third-order valence-corrected chi connectivity index (χ3v) is 4.35. The Labute approximate surface area is 159 Å². The molecule has 0 unspecified atom stereocenters. The first kappa shape index (κ1) is 19.5. The van der Waals surface area contributed by atoms with Gasteiger partial charge in [-0.3, -0.25) is 24.9 Å². The second-order valence-corrected chi connectivity index (χ2v) is 6.27. The molecule has 146 valence electrons. The molecule has 3 N–H and O–H groups in total. The summed E-state index contributed by atoms with van der Waals surface area (Å²) in [6, 6.07) is 10.5. The summed E-state index contributed by atoms with van der Waals surface area (Å²) in [5.41, 5.74) is 0.979. The molecule has 2 amide bonds. The minimum Gasteiger partial charge on any atom is -0.459 e. The topological polar surface area (TPSA) is 128 Å². The molecular formula is C19H18N2O7. The van der Waals surface area contributed by atoms with Gasteiger partial charge < -0.3 is 9.84 Å². The highest BCUT2D eigenvalue weighted by molar-refractivity contribution is 6.22. The number of hydrogen-bond donors (Lipinski definition) is 3. The lowest BCUT2D eigenvalue weighted by Gasteiger charge is -2.26. The summed E-state index contributed by atoms with van der Waals surface area (Å²) in [6.07, 6.45) is -1.34. The van der Waals surface area contributed by atoms with E-state index in [1.807, 2.05) is 0 Å². The number of aliphatic hydroxyl groups excluding tert-OH is 1. The first-order chi connectivity index (χ1) is 13.3. The van der Waals surface area contributed by atoms with E-state index in [2.05, 4.69) is 0 Å². The molecule has 1 aliphatic heterocycles. The van der Waals surface area contributed by atoms with Gasteiger partial charge in [-0.1, -0.05) is 24.3 Å². The lowest BCUT2D eigenvalue weighted by Crippen LogP contribution is -2.51. The number of carbonyl (C=O) groups is 3. The van der Waals surface area contributed by atoms with Crippen LogP contribution in [0.4, 0.5) is 5.69 Å². The number of carbonyl (C=O) groups excluding carboxylic acids is 3. The van der Waals surface area contributed by atoms with Crippen LogP contribution in [0.5, 0.6) is 0 Å². The molecule has 2 aromatic carbocycles. The predicted octanol–water partition coefficient (Wildman–Crippen LogP) is 1.36. The van der Waals surface area contributed by atoms with Crippen LogP contribution in [0.2, 0.25) is 0 Å². The molecule has 3 rings (SSSR count). The number of imide groups is 1. The third kappa shape index (κ3) is 3.58. The quantitative estimate of drug-likeness (QED) is 0.386. The van der Waals surface area contributed by atoms with E-state index >= 15 is 0 Å². The maximum Gasteiger partial charge on any atom is 0.332 e. The molecule has 0 spiro atoms. The van der Waals surface area contributed by atoms with Gasteiger partial charge in [0.1, 0.15) is 6.61 Å². The fraction of sp³-hybridized carbons (Fsp3) is 0.211. The van der Waals surface area contributed by atoms with Crippen molar-refractivity contribution in [1.29, 1.82) is 0 Å². The summed E-state index contributed by atoms with van der Waals surface area (Å²) < 4.78 is 5.18. The highest BCUT2D eigenvalue weighted by Gasteiger charge is 2.45. The smallest absolute Gasteiger partial charge is 0.332 e. The molecule has 1 heterocycles. The molecule has 1 aliphatic rings. The van der Waals surface area contributed by atoms with Crippen LogP contribution in [0.25, 0.3) is 0 Å². The number of fused-ring (bicyclic) bond motifs is 1. The molecule has 2 atom stereocenters. The van der Waals surface area contributed by atoms with Crippen molar-refractivity contribution in [2.75, 3.05) is 5.23 Å². The Hall–Kier alpha value is -3.27. The minimum absolute atomic E-state index is 0.0540. The van der Waals surface area contributed by atoms with E-state index in [1.54, 1.807) is 12.1 Å². The largest absolute Gasteiger partial charge is 0.459 e. The van der Waals surface area contributed by atoms with E-state index in [1.165, 1.54) is 43.3 Å². The monoisotopic (exact) mass is 386 g/mol.